The number of esters is 1. The number of aryl methyl sites for hydroxylation is 1. The van der Waals surface area contributed by atoms with Crippen LogP contribution in [-0.2, 0) is 14.8 Å². The van der Waals surface area contributed by atoms with Crippen LogP contribution in [0.1, 0.15) is 48.9 Å². The third-order valence-electron chi connectivity index (χ3n) is 4.72. The van der Waals surface area contributed by atoms with E-state index in [4.69, 9.17) is 10.5 Å². The monoisotopic (exact) mass is 357 g/mol. The molecular weight excluding hydrogens is 330 g/mol. The minimum atomic E-state index is -3.71. The fourth-order valence-electron chi connectivity index (χ4n) is 3.19. The van der Waals surface area contributed by atoms with E-state index in [2.05, 4.69) is 4.98 Å². The van der Waals surface area contributed by atoms with Crippen molar-refractivity contribution in [3.8, 4) is 0 Å². The van der Waals surface area contributed by atoms with E-state index in [-0.39, 0.29) is 28.7 Å². The Balaban J connectivity index is 2.42. The molecule has 0 amide bonds. The van der Waals surface area contributed by atoms with E-state index in [9.17, 15) is 13.2 Å². The van der Waals surface area contributed by atoms with Gasteiger partial charge in [0.2, 0.25) is 10.0 Å². The van der Waals surface area contributed by atoms with Gasteiger partial charge >= 0.3 is 5.97 Å². The van der Waals surface area contributed by atoms with E-state index in [1.165, 1.54) is 4.31 Å². The molecule has 8 heteroatoms. The number of aromatic amines is 1. The Morgan fingerprint density at radius 2 is 2.04 bits per heavy atom. The molecule has 7 nitrogen and oxygen atoms in total. The number of carbonyl (C=O) groups excluding carboxylic acids is 1. The molecule has 0 spiro atoms. The van der Waals surface area contributed by atoms with Crippen molar-refractivity contribution in [2.24, 2.45) is 11.1 Å². The molecule has 136 valence electrons. The van der Waals surface area contributed by atoms with Crippen LogP contribution >= 0.6 is 0 Å². The van der Waals surface area contributed by atoms with Crippen molar-refractivity contribution in [1.29, 1.82) is 0 Å². The van der Waals surface area contributed by atoms with Gasteiger partial charge in [-0.3, -0.25) is 0 Å². The number of H-pyrrole nitrogens is 1. The topological polar surface area (TPSA) is 105 Å². The van der Waals surface area contributed by atoms with Gasteiger partial charge in [0.1, 0.15) is 10.6 Å². The maximum atomic E-state index is 13.1. The third kappa shape index (κ3) is 3.22. The summed E-state index contributed by atoms with van der Waals surface area (Å²) in [6.07, 6.45) is 0.611. The Hall–Kier alpha value is -1.38. The predicted octanol–water partition coefficient (Wildman–Crippen LogP) is 1.56. The second kappa shape index (κ2) is 6.50. The van der Waals surface area contributed by atoms with Crippen LogP contribution in [-0.4, -0.2) is 49.4 Å². The van der Waals surface area contributed by atoms with E-state index >= 15 is 0 Å². The first-order valence-electron chi connectivity index (χ1n) is 8.14. The molecule has 1 saturated heterocycles. The Kier molecular flexibility index (Phi) is 5.13. The van der Waals surface area contributed by atoms with Crippen molar-refractivity contribution >= 4 is 16.0 Å². The van der Waals surface area contributed by atoms with Crippen LogP contribution in [0.5, 0.6) is 0 Å². The van der Waals surface area contributed by atoms with Crippen LogP contribution in [0, 0.1) is 19.3 Å². The summed E-state index contributed by atoms with van der Waals surface area (Å²) < 4.78 is 32.7. The largest absolute Gasteiger partial charge is 0.461 e. The van der Waals surface area contributed by atoms with Crippen LogP contribution in [0.4, 0.5) is 0 Å². The van der Waals surface area contributed by atoms with E-state index in [0.717, 1.165) is 0 Å². The Bertz CT molecular complexity index is 737. The van der Waals surface area contributed by atoms with Gasteiger partial charge in [0.15, 0.2) is 0 Å². The van der Waals surface area contributed by atoms with Crippen molar-refractivity contribution < 1.29 is 17.9 Å². The van der Waals surface area contributed by atoms with Gasteiger partial charge in [0.05, 0.1) is 6.61 Å². The van der Waals surface area contributed by atoms with Crippen LogP contribution < -0.4 is 5.73 Å². The van der Waals surface area contributed by atoms with Crippen molar-refractivity contribution in [2.75, 3.05) is 19.7 Å². The molecule has 24 heavy (non-hydrogen) atoms. The average molecular weight is 357 g/mol. The van der Waals surface area contributed by atoms with Gasteiger partial charge in [-0.2, -0.15) is 4.31 Å². The summed E-state index contributed by atoms with van der Waals surface area (Å²) in [5.74, 6) is -0.541. The smallest absolute Gasteiger partial charge is 0.355 e. The number of rotatable bonds is 4. The van der Waals surface area contributed by atoms with Crippen molar-refractivity contribution in [3.05, 3.63) is 17.0 Å². The van der Waals surface area contributed by atoms with E-state index < -0.39 is 16.0 Å². The van der Waals surface area contributed by atoms with E-state index in [1.54, 1.807) is 20.8 Å². The third-order valence-corrected chi connectivity index (χ3v) is 6.84. The molecule has 1 atom stereocenters. The van der Waals surface area contributed by atoms with Gasteiger partial charge in [-0.1, -0.05) is 13.8 Å². The summed E-state index contributed by atoms with van der Waals surface area (Å²) >= 11 is 0. The molecule has 0 aromatic carbocycles. The zero-order valence-corrected chi connectivity index (χ0v) is 15.8. The minimum Gasteiger partial charge on any atom is -0.461 e. The molecule has 1 aliphatic heterocycles. The van der Waals surface area contributed by atoms with Gasteiger partial charge in [0, 0.05) is 30.4 Å². The van der Waals surface area contributed by atoms with E-state index in [0.29, 0.717) is 30.8 Å². The summed E-state index contributed by atoms with van der Waals surface area (Å²) in [7, 11) is -3.71. The molecule has 1 unspecified atom stereocenters. The number of sulfonamides is 1. The Morgan fingerprint density at radius 1 is 1.42 bits per heavy atom. The number of nitrogens with two attached hydrogens (primary N) is 1. The van der Waals surface area contributed by atoms with Crippen LogP contribution in [0.25, 0.3) is 0 Å². The highest BCUT2D eigenvalue weighted by molar-refractivity contribution is 7.89. The second-order valence-electron chi connectivity index (χ2n) is 7.02. The molecule has 2 rings (SSSR count). The molecule has 2 heterocycles. The number of nitrogens with zero attached hydrogens (tertiary/aromatic N) is 1. The molecule has 1 aliphatic rings. The van der Waals surface area contributed by atoms with Crippen molar-refractivity contribution in [2.45, 2.75) is 52.0 Å². The maximum Gasteiger partial charge on any atom is 0.355 e. The van der Waals surface area contributed by atoms with Gasteiger partial charge in [0.25, 0.3) is 0 Å². The fraction of sp³-hybridized carbons (Fsp3) is 0.688. The predicted molar refractivity (Wildman–Crippen MR) is 91.4 cm³/mol. The molecule has 0 aliphatic carbocycles. The summed E-state index contributed by atoms with van der Waals surface area (Å²) in [4.78, 5) is 15.0. The highest BCUT2D eigenvalue weighted by atomic mass is 32.2. The van der Waals surface area contributed by atoms with Gasteiger partial charge in [-0.05, 0) is 32.6 Å². The molecule has 3 N–H and O–H groups in total. The number of carbonyl (C=O) groups is 1. The minimum absolute atomic E-state index is 0.0348. The zero-order valence-electron chi connectivity index (χ0n) is 15.0. The molecule has 1 fully saturated rings. The van der Waals surface area contributed by atoms with Crippen molar-refractivity contribution in [3.63, 3.8) is 0 Å². The molecule has 1 aromatic rings. The summed E-state index contributed by atoms with van der Waals surface area (Å²) in [6.45, 7) is 9.91. The lowest BCUT2D eigenvalue weighted by atomic mass is 9.81. The lowest BCUT2D eigenvalue weighted by molar-refractivity contribution is 0.0519. The van der Waals surface area contributed by atoms with Gasteiger partial charge in [-0.25, -0.2) is 13.2 Å². The molecule has 0 saturated carbocycles. The summed E-state index contributed by atoms with van der Waals surface area (Å²) in [6, 6.07) is -0.0348. The Labute approximate surface area is 143 Å². The Morgan fingerprint density at radius 3 is 2.58 bits per heavy atom. The first-order chi connectivity index (χ1) is 11.0. The highest BCUT2D eigenvalue weighted by Gasteiger charge is 2.40. The number of aromatic nitrogens is 1. The quantitative estimate of drug-likeness (QED) is 0.796. The number of nitrogens with one attached hydrogen (secondary N) is 1. The van der Waals surface area contributed by atoms with Crippen LogP contribution in [0.15, 0.2) is 4.90 Å². The second-order valence-corrected chi connectivity index (χ2v) is 8.90. The summed E-state index contributed by atoms with van der Waals surface area (Å²) in [5, 5.41) is 0. The number of hydrogen-bond acceptors (Lipinski definition) is 5. The fourth-order valence-corrected chi connectivity index (χ4v) is 5.22. The van der Waals surface area contributed by atoms with Gasteiger partial charge < -0.3 is 15.5 Å². The van der Waals surface area contributed by atoms with Gasteiger partial charge in [-0.15, -0.1) is 0 Å². The number of hydrogen-bond donors (Lipinski definition) is 2. The van der Waals surface area contributed by atoms with E-state index in [1.807, 2.05) is 13.8 Å². The number of piperidine rings is 1. The maximum absolute atomic E-state index is 13.1. The zero-order chi connectivity index (χ0) is 18.3. The lowest BCUT2D eigenvalue weighted by Crippen LogP contribution is -2.53. The molecular formula is C16H27N3O4S. The first kappa shape index (κ1) is 19.0. The van der Waals surface area contributed by atoms with Crippen LogP contribution in [0.2, 0.25) is 0 Å². The molecule has 0 bridgehead atoms. The average Bonchev–Trinajstić information content (AvgIpc) is 2.77. The van der Waals surface area contributed by atoms with Crippen molar-refractivity contribution in [1.82, 2.24) is 9.29 Å². The molecule has 1 aromatic heterocycles. The van der Waals surface area contributed by atoms with Crippen LogP contribution in [0.3, 0.4) is 0 Å². The lowest BCUT2D eigenvalue weighted by Gasteiger charge is -2.41. The highest BCUT2D eigenvalue weighted by Crippen LogP contribution is 2.33. The first-order valence-corrected chi connectivity index (χ1v) is 9.58. The number of ether oxygens (including phenoxy) is 1. The SMILES string of the molecule is CCOC(=O)c1[nH]c(C)c(S(=O)(=O)N2CCC(N)C(C)(C)C2)c1C. The molecule has 0 radical (unpaired) electrons. The standard InChI is InChI=1S/C16H27N3O4S/c1-6-23-15(20)13-10(2)14(11(3)18-13)24(21,22)19-8-7-12(17)16(4,5)9-19/h12,18H,6-9,17H2,1-5H3. The normalized spacial score (nSPS) is 21.7. The summed E-state index contributed by atoms with van der Waals surface area (Å²) in [5.41, 5.74) is 6.85.